The highest BCUT2D eigenvalue weighted by Crippen LogP contribution is 2.36. The Kier molecular flexibility index (Phi) is 5.16. The van der Waals surface area contributed by atoms with E-state index in [0.29, 0.717) is 17.6 Å². The van der Waals surface area contributed by atoms with E-state index in [2.05, 4.69) is 150 Å². The highest BCUT2D eigenvalue weighted by molar-refractivity contribution is 6.13. The smallest absolute Gasteiger partial charge is 0.238 e. The summed E-state index contributed by atoms with van der Waals surface area (Å²) in [5.41, 5.74) is 4.07. The van der Waals surface area contributed by atoms with Crippen molar-refractivity contribution in [2.75, 3.05) is 0 Å². The summed E-state index contributed by atoms with van der Waals surface area (Å²) >= 11 is 0. The Balaban J connectivity index is 1.38. The highest BCUT2D eigenvalue weighted by Gasteiger charge is 2.19. The Labute approximate surface area is 247 Å². The Morgan fingerprint density at radius 2 is 1.00 bits per heavy atom. The van der Waals surface area contributed by atoms with Gasteiger partial charge in [0.25, 0.3) is 0 Å². The lowest BCUT2D eigenvalue weighted by Gasteiger charge is -2.12. The summed E-state index contributed by atoms with van der Waals surface area (Å²) in [6, 6.07) is 51.0. The van der Waals surface area contributed by atoms with Gasteiger partial charge in [0.1, 0.15) is 0 Å². The fourth-order valence-corrected chi connectivity index (χ4v) is 6.33. The predicted molar refractivity (Wildman–Crippen MR) is 178 cm³/mol. The Bertz CT molecular complexity index is 2520. The van der Waals surface area contributed by atoms with E-state index in [9.17, 15) is 0 Å². The molecule has 0 aliphatic heterocycles. The van der Waals surface area contributed by atoms with Crippen molar-refractivity contribution in [3.05, 3.63) is 146 Å². The maximum Gasteiger partial charge on any atom is 0.238 e. The van der Waals surface area contributed by atoms with Crippen LogP contribution in [0.5, 0.6) is 0 Å². The summed E-state index contributed by atoms with van der Waals surface area (Å²) in [5, 5.41) is 9.33. The molecule has 2 aromatic heterocycles. The van der Waals surface area contributed by atoms with Gasteiger partial charge in [-0.05, 0) is 56.6 Å². The molecule has 43 heavy (non-hydrogen) atoms. The van der Waals surface area contributed by atoms with E-state index >= 15 is 0 Å². The van der Waals surface area contributed by atoms with E-state index < -0.39 is 0 Å². The molecule has 0 bridgehead atoms. The second-order valence-corrected chi connectivity index (χ2v) is 10.9. The number of rotatable bonds is 3. The number of aromatic nitrogens is 4. The summed E-state index contributed by atoms with van der Waals surface area (Å²) in [6.07, 6.45) is 0. The number of hydrogen-bond acceptors (Lipinski definition) is 3. The van der Waals surface area contributed by atoms with Gasteiger partial charge in [0, 0.05) is 21.9 Å². The fourth-order valence-electron chi connectivity index (χ4n) is 6.33. The van der Waals surface area contributed by atoms with Gasteiger partial charge in [0.15, 0.2) is 11.6 Å². The largest absolute Gasteiger partial charge is 0.278 e. The number of para-hydroxylation sites is 1. The van der Waals surface area contributed by atoms with Crippen LogP contribution in [0.4, 0.5) is 0 Å². The first-order valence-corrected chi connectivity index (χ1v) is 14.5. The second kappa shape index (κ2) is 9.33. The summed E-state index contributed by atoms with van der Waals surface area (Å²) in [6.45, 7) is 0. The van der Waals surface area contributed by atoms with Crippen LogP contribution in [-0.2, 0) is 0 Å². The molecule has 0 fully saturated rings. The number of fused-ring (bicyclic) bond motifs is 6. The topological polar surface area (TPSA) is 43.6 Å². The van der Waals surface area contributed by atoms with Crippen LogP contribution in [0, 0.1) is 0 Å². The molecular formula is C39H24N4. The molecule has 0 aliphatic rings. The minimum Gasteiger partial charge on any atom is -0.278 e. The van der Waals surface area contributed by atoms with Crippen LogP contribution in [0.15, 0.2) is 146 Å². The average molecular weight is 549 g/mol. The molecule has 0 spiro atoms. The van der Waals surface area contributed by atoms with Gasteiger partial charge in [0.2, 0.25) is 5.95 Å². The lowest BCUT2D eigenvalue weighted by molar-refractivity contribution is 0.955. The van der Waals surface area contributed by atoms with Crippen molar-refractivity contribution in [2.24, 2.45) is 0 Å². The third-order valence-electron chi connectivity index (χ3n) is 8.40. The molecule has 0 radical (unpaired) electrons. The van der Waals surface area contributed by atoms with Crippen molar-refractivity contribution in [1.29, 1.82) is 0 Å². The van der Waals surface area contributed by atoms with Crippen LogP contribution in [-0.4, -0.2) is 19.5 Å². The first-order valence-electron chi connectivity index (χ1n) is 14.5. The van der Waals surface area contributed by atoms with Gasteiger partial charge in [-0.2, -0.15) is 9.97 Å². The molecular weight excluding hydrogens is 524 g/mol. The maximum absolute atomic E-state index is 5.21. The third kappa shape index (κ3) is 3.81. The van der Waals surface area contributed by atoms with Crippen molar-refractivity contribution in [2.45, 2.75) is 0 Å². The standard InChI is InChI=1S/C39H24N4/c1-2-12-27-22-30(21-20-25(27)10-1)37-40-38(33-18-9-15-26-11-5-6-16-31(26)33)42-39(41-37)43-35-19-8-7-17-32(35)34-23-28-13-3-4-14-29(28)24-36(34)43/h1-24H. The van der Waals surface area contributed by atoms with Gasteiger partial charge in [-0.3, -0.25) is 4.57 Å². The quantitative estimate of drug-likeness (QED) is 0.221. The van der Waals surface area contributed by atoms with Crippen LogP contribution in [0.25, 0.3) is 82.8 Å². The summed E-state index contributed by atoms with van der Waals surface area (Å²) in [5.74, 6) is 1.89. The van der Waals surface area contributed by atoms with Gasteiger partial charge < -0.3 is 0 Å². The molecule has 4 nitrogen and oxygen atoms in total. The lowest BCUT2D eigenvalue weighted by atomic mass is 10.0. The Morgan fingerprint density at radius 1 is 0.372 bits per heavy atom. The second-order valence-electron chi connectivity index (χ2n) is 10.9. The van der Waals surface area contributed by atoms with E-state index in [0.717, 1.165) is 38.3 Å². The van der Waals surface area contributed by atoms with E-state index in [-0.39, 0.29) is 0 Å². The highest BCUT2D eigenvalue weighted by atomic mass is 15.2. The lowest BCUT2D eigenvalue weighted by Crippen LogP contribution is -2.06. The van der Waals surface area contributed by atoms with E-state index in [4.69, 9.17) is 15.0 Å². The minimum atomic E-state index is 0.600. The number of hydrogen-bond donors (Lipinski definition) is 0. The minimum absolute atomic E-state index is 0.600. The zero-order valence-electron chi connectivity index (χ0n) is 23.1. The number of nitrogens with zero attached hydrogens (tertiary/aromatic N) is 4. The molecule has 0 saturated carbocycles. The monoisotopic (exact) mass is 548 g/mol. The normalized spacial score (nSPS) is 11.7. The zero-order valence-corrected chi connectivity index (χ0v) is 23.1. The molecule has 7 aromatic carbocycles. The van der Waals surface area contributed by atoms with Crippen molar-refractivity contribution < 1.29 is 0 Å². The molecule has 0 N–H and O–H groups in total. The van der Waals surface area contributed by atoms with E-state index in [1.165, 1.54) is 26.9 Å². The molecule has 2 heterocycles. The number of benzene rings is 7. The Morgan fingerprint density at radius 3 is 1.84 bits per heavy atom. The van der Waals surface area contributed by atoms with Crippen molar-refractivity contribution in [3.8, 4) is 28.7 Å². The fraction of sp³-hybridized carbons (Fsp3) is 0. The molecule has 0 aliphatic carbocycles. The summed E-state index contributed by atoms with van der Waals surface area (Å²) < 4.78 is 2.19. The van der Waals surface area contributed by atoms with Crippen LogP contribution in [0.1, 0.15) is 0 Å². The van der Waals surface area contributed by atoms with E-state index in [1.807, 2.05) is 0 Å². The average Bonchev–Trinajstić information content (AvgIpc) is 3.39. The van der Waals surface area contributed by atoms with Gasteiger partial charge in [0.05, 0.1) is 11.0 Å². The van der Waals surface area contributed by atoms with Crippen LogP contribution < -0.4 is 0 Å². The van der Waals surface area contributed by atoms with Gasteiger partial charge in [-0.25, -0.2) is 4.98 Å². The van der Waals surface area contributed by atoms with Crippen molar-refractivity contribution >= 4 is 54.1 Å². The molecule has 0 saturated heterocycles. The summed E-state index contributed by atoms with van der Waals surface area (Å²) in [4.78, 5) is 15.5. The summed E-state index contributed by atoms with van der Waals surface area (Å²) in [7, 11) is 0. The van der Waals surface area contributed by atoms with Crippen LogP contribution >= 0.6 is 0 Å². The van der Waals surface area contributed by atoms with Gasteiger partial charge in [-0.15, -0.1) is 0 Å². The van der Waals surface area contributed by atoms with Gasteiger partial charge in [-0.1, -0.05) is 121 Å². The molecule has 0 atom stereocenters. The first kappa shape index (κ1) is 23.8. The molecule has 4 heteroatoms. The molecule has 200 valence electrons. The molecule has 0 unspecified atom stereocenters. The van der Waals surface area contributed by atoms with Crippen LogP contribution in [0.3, 0.4) is 0 Å². The first-order chi connectivity index (χ1) is 21.3. The van der Waals surface area contributed by atoms with E-state index in [1.54, 1.807) is 0 Å². The zero-order chi connectivity index (χ0) is 28.3. The third-order valence-corrected chi connectivity index (χ3v) is 8.40. The van der Waals surface area contributed by atoms with Crippen molar-refractivity contribution in [1.82, 2.24) is 19.5 Å². The molecule has 9 rings (SSSR count). The predicted octanol–water partition coefficient (Wildman–Crippen LogP) is 9.76. The molecule has 0 amide bonds. The maximum atomic E-state index is 5.21. The van der Waals surface area contributed by atoms with Crippen molar-refractivity contribution in [3.63, 3.8) is 0 Å². The molecule has 9 aromatic rings. The van der Waals surface area contributed by atoms with Crippen LogP contribution in [0.2, 0.25) is 0 Å². The SMILES string of the molecule is c1ccc2cc(-c3nc(-c4cccc5ccccc45)nc(-n4c5ccccc5c5cc6ccccc6cc54)n3)ccc2c1. The Hall–Kier alpha value is -5.87. The van der Waals surface area contributed by atoms with Gasteiger partial charge >= 0.3 is 0 Å².